The Bertz CT molecular complexity index is 1060. The number of para-hydroxylation sites is 1. The van der Waals surface area contributed by atoms with Crippen LogP contribution in [0.1, 0.15) is 81.9 Å². The number of aromatic nitrogens is 2. The lowest BCUT2D eigenvalue weighted by Gasteiger charge is -2.17. The van der Waals surface area contributed by atoms with E-state index < -0.39 is 11.7 Å². The number of aryl methyl sites for hydroxylation is 2. The fourth-order valence-corrected chi connectivity index (χ4v) is 4.11. The molecule has 2 aromatic carbocycles. The molecule has 0 aliphatic carbocycles. The molecule has 1 aromatic heterocycles. The largest absolute Gasteiger partial charge is 0.421 e. The number of alkyl halides is 3. The van der Waals surface area contributed by atoms with Crippen LogP contribution in [0.4, 0.5) is 36.3 Å². The highest BCUT2D eigenvalue weighted by atomic mass is 19.4. The van der Waals surface area contributed by atoms with Gasteiger partial charge in [0.2, 0.25) is 5.95 Å². The monoisotopic (exact) mass is 498 g/mol. The van der Waals surface area contributed by atoms with Gasteiger partial charge in [0.25, 0.3) is 0 Å². The van der Waals surface area contributed by atoms with E-state index in [-0.39, 0.29) is 11.8 Å². The summed E-state index contributed by atoms with van der Waals surface area (Å²) in [7, 11) is 0. The predicted octanol–water partition coefficient (Wildman–Crippen LogP) is 9.23. The molecule has 0 amide bonds. The molecule has 0 atom stereocenters. The fraction of sp³-hybridized carbons (Fsp3) is 0.448. The third-order valence-electron chi connectivity index (χ3n) is 6.19. The molecule has 1 heterocycles. The van der Waals surface area contributed by atoms with Crippen LogP contribution in [0, 0.1) is 0 Å². The highest BCUT2D eigenvalue weighted by molar-refractivity contribution is 5.65. The second-order valence-electron chi connectivity index (χ2n) is 9.18. The van der Waals surface area contributed by atoms with Crippen molar-refractivity contribution < 1.29 is 13.2 Å². The van der Waals surface area contributed by atoms with Crippen LogP contribution in [0.2, 0.25) is 0 Å². The minimum absolute atomic E-state index is 0.113. The molecule has 0 spiro atoms. The van der Waals surface area contributed by atoms with Crippen molar-refractivity contribution in [2.75, 3.05) is 10.6 Å². The Labute approximate surface area is 212 Å². The van der Waals surface area contributed by atoms with E-state index in [0.717, 1.165) is 62.4 Å². The van der Waals surface area contributed by atoms with Gasteiger partial charge in [-0.3, -0.25) is 0 Å². The molecule has 4 nitrogen and oxygen atoms in total. The maximum atomic E-state index is 13.8. The van der Waals surface area contributed by atoms with Gasteiger partial charge in [-0.2, -0.15) is 18.2 Å². The number of nitrogens with one attached hydrogen (secondary N) is 2. The Morgan fingerprint density at radius 3 is 2.08 bits per heavy atom. The highest BCUT2D eigenvalue weighted by Gasteiger charge is 2.35. The molecule has 0 saturated heterocycles. The van der Waals surface area contributed by atoms with Gasteiger partial charge in [-0.15, -0.1) is 0 Å². The lowest BCUT2D eigenvalue weighted by Crippen LogP contribution is -2.13. The zero-order valence-electron chi connectivity index (χ0n) is 21.3. The van der Waals surface area contributed by atoms with E-state index >= 15 is 0 Å². The molecule has 3 aromatic rings. The summed E-state index contributed by atoms with van der Waals surface area (Å²) in [5, 5.41) is 5.99. The second-order valence-corrected chi connectivity index (χ2v) is 9.18. The molecule has 0 unspecified atom stereocenters. The first kappa shape index (κ1) is 27.5. The number of unbranched alkanes of at least 4 members (excludes halogenated alkanes) is 6. The van der Waals surface area contributed by atoms with Crippen molar-refractivity contribution >= 4 is 23.1 Å². The zero-order chi connectivity index (χ0) is 25.8. The second kappa shape index (κ2) is 13.9. The summed E-state index contributed by atoms with van der Waals surface area (Å²) < 4.78 is 41.3. The van der Waals surface area contributed by atoms with Gasteiger partial charge in [-0.05, 0) is 55.0 Å². The maximum absolute atomic E-state index is 13.8. The van der Waals surface area contributed by atoms with E-state index in [1.165, 1.54) is 24.8 Å². The maximum Gasteiger partial charge on any atom is 0.421 e. The normalized spacial score (nSPS) is 11.5. The summed E-state index contributed by atoms with van der Waals surface area (Å²) in [6, 6.07) is 15.4. The van der Waals surface area contributed by atoms with Crippen molar-refractivity contribution in [2.45, 2.75) is 84.2 Å². The van der Waals surface area contributed by atoms with Crippen LogP contribution in [-0.4, -0.2) is 9.97 Å². The van der Waals surface area contributed by atoms with Crippen molar-refractivity contribution in [1.82, 2.24) is 9.97 Å². The SMILES string of the molecule is CCCCCCc1ccc(Nc2ncc(C(F)(F)F)c(Nc3ccccc3CCCCCC)n2)cc1. The van der Waals surface area contributed by atoms with E-state index in [1.54, 1.807) is 6.07 Å². The van der Waals surface area contributed by atoms with Crippen molar-refractivity contribution in [1.29, 1.82) is 0 Å². The van der Waals surface area contributed by atoms with E-state index in [0.29, 0.717) is 5.69 Å². The van der Waals surface area contributed by atoms with Gasteiger partial charge >= 0.3 is 6.18 Å². The van der Waals surface area contributed by atoms with Crippen LogP contribution in [0.5, 0.6) is 0 Å². The van der Waals surface area contributed by atoms with Crippen LogP contribution in [0.3, 0.4) is 0 Å². The minimum Gasteiger partial charge on any atom is -0.339 e. The van der Waals surface area contributed by atoms with Crippen LogP contribution in [0.15, 0.2) is 54.7 Å². The highest BCUT2D eigenvalue weighted by Crippen LogP contribution is 2.36. The molecule has 0 aliphatic rings. The Morgan fingerprint density at radius 1 is 0.750 bits per heavy atom. The van der Waals surface area contributed by atoms with Crippen molar-refractivity contribution in [3.63, 3.8) is 0 Å². The standard InChI is InChI=1S/C29H37F3N4/c1-3-5-7-9-13-22-17-19-24(20-18-22)34-28-33-21-25(29(30,31)32)27(36-28)35-26-16-12-11-15-23(26)14-10-8-6-4-2/h11-12,15-21H,3-10,13-14H2,1-2H3,(H2,33,34,35,36). The number of hydrogen-bond acceptors (Lipinski definition) is 4. The summed E-state index contributed by atoms with van der Waals surface area (Å²) >= 11 is 0. The average molecular weight is 499 g/mol. The molecule has 2 N–H and O–H groups in total. The van der Waals surface area contributed by atoms with Crippen molar-refractivity contribution in [3.8, 4) is 0 Å². The van der Waals surface area contributed by atoms with Gasteiger partial charge in [0, 0.05) is 17.6 Å². The lowest BCUT2D eigenvalue weighted by molar-refractivity contribution is -0.137. The summed E-state index contributed by atoms with van der Waals surface area (Å²) in [6.45, 7) is 4.34. The zero-order valence-corrected chi connectivity index (χ0v) is 21.3. The smallest absolute Gasteiger partial charge is 0.339 e. The average Bonchev–Trinajstić information content (AvgIpc) is 2.86. The number of rotatable bonds is 14. The van der Waals surface area contributed by atoms with Gasteiger partial charge in [0.05, 0.1) is 0 Å². The van der Waals surface area contributed by atoms with Crippen LogP contribution < -0.4 is 10.6 Å². The first-order valence-corrected chi connectivity index (χ1v) is 13.1. The summed E-state index contributed by atoms with van der Waals surface area (Å²) in [6.07, 6.45) is 7.26. The molecule has 3 rings (SSSR count). The fourth-order valence-electron chi connectivity index (χ4n) is 4.11. The van der Waals surface area contributed by atoms with Crippen LogP contribution in [0.25, 0.3) is 0 Å². The number of anilines is 4. The molecular formula is C29H37F3N4. The van der Waals surface area contributed by atoms with Gasteiger partial charge < -0.3 is 10.6 Å². The first-order valence-electron chi connectivity index (χ1n) is 13.1. The third-order valence-corrected chi connectivity index (χ3v) is 6.19. The number of hydrogen-bond donors (Lipinski definition) is 2. The van der Waals surface area contributed by atoms with E-state index in [9.17, 15) is 13.2 Å². The Kier molecular flexibility index (Phi) is 10.6. The van der Waals surface area contributed by atoms with Gasteiger partial charge in [-0.1, -0.05) is 82.7 Å². The molecule has 0 radical (unpaired) electrons. The van der Waals surface area contributed by atoms with E-state index in [2.05, 4.69) is 34.4 Å². The van der Waals surface area contributed by atoms with E-state index in [4.69, 9.17) is 0 Å². The Hall–Kier alpha value is -3.09. The molecular weight excluding hydrogens is 461 g/mol. The first-order chi connectivity index (χ1) is 17.4. The number of nitrogens with zero attached hydrogens (tertiary/aromatic N) is 2. The molecule has 0 fully saturated rings. The molecule has 194 valence electrons. The minimum atomic E-state index is -4.57. The van der Waals surface area contributed by atoms with Gasteiger partial charge in [0.1, 0.15) is 11.4 Å². The third kappa shape index (κ3) is 8.54. The quantitative estimate of drug-likeness (QED) is 0.218. The number of benzene rings is 2. The lowest BCUT2D eigenvalue weighted by atomic mass is 10.0. The van der Waals surface area contributed by atoms with E-state index in [1.807, 2.05) is 42.5 Å². The molecule has 0 bridgehead atoms. The van der Waals surface area contributed by atoms with Crippen molar-refractivity contribution in [2.24, 2.45) is 0 Å². The molecule has 0 aliphatic heterocycles. The topological polar surface area (TPSA) is 49.8 Å². The van der Waals surface area contributed by atoms with Crippen molar-refractivity contribution in [3.05, 3.63) is 71.4 Å². The van der Waals surface area contributed by atoms with Gasteiger partial charge in [0.15, 0.2) is 0 Å². The number of halogens is 3. The molecule has 0 saturated carbocycles. The molecule has 36 heavy (non-hydrogen) atoms. The molecule has 7 heteroatoms. The summed E-state index contributed by atoms with van der Waals surface area (Å²) in [5.74, 6) is -0.143. The Morgan fingerprint density at radius 2 is 1.42 bits per heavy atom. The van der Waals surface area contributed by atoms with Crippen LogP contribution >= 0.6 is 0 Å². The summed E-state index contributed by atoms with van der Waals surface area (Å²) in [4.78, 5) is 8.17. The van der Waals surface area contributed by atoms with Gasteiger partial charge in [-0.25, -0.2) is 4.98 Å². The predicted molar refractivity (Wildman–Crippen MR) is 142 cm³/mol. The summed E-state index contributed by atoms with van der Waals surface area (Å²) in [5.41, 5.74) is 2.69. The Balaban J connectivity index is 1.76. The van der Waals surface area contributed by atoms with Crippen LogP contribution in [-0.2, 0) is 19.0 Å².